The number of diazo groups is 1. The number of methoxy groups -OCH3 is 1. The summed E-state index contributed by atoms with van der Waals surface area (Å²) in [7, 11) is 0.812. The third-order valence-corrected chi connectivity index (χ3v) is 0.764. The first kappa shape index (κ1) is 9.55. The van der Waals surface area contributed by atoms with Gasteiger partial charge >= 0.3 is 17.8 Å². The summed E-state index contributed by atoms with van der Waals surface area (Å²) in [6.07, 6.45) is -4.92. The molecular weight excluding hydrogens is 165 g/mol. The first-order chi connectivity index (χ1) is 4.93. The van der Waals surface area contributed by atoms with Crippen LogP contribution in [0.3, 0.4) is 0 Å². The average molecular weight is 169 g/mol. The van der Waals surface area contributed by atoms with Gasteiger partial charge < -0.3 is 9.84 Å². The summed E-state index contributed by atoms with van der Waals surface area (Å²) in [6.45, 7) is 0. The largest absolute Gasteiger partial charge is 0.543 e. The van der Waals surface area contributed by atoms with E-state index < -0.39 is 17.8 Å². The van der Waals surface area contributed by atoms with E-state index in [-0.39, 0.29) is 0 Å². The van der Waals surface area contributed by atoms with Gasteiger partial charge in [-0.25, -0.2) is 0 Å². The van der Waals surface area contributed by atoms with Gasteiger partial charge in [-0.3, -0.25) is 0 Å². The van der Waals surface area contributed by atoms with E-state index in [0.717, 1.165) is 7.11 Å². The number of allylic oxidation sites excluding steroid dienone is 1. The van der Waals surface area contributed by atoms with Gasteiger partial charge in [0.2, 0.25) is 5.39 Å². The van der Waals surface area contributed by atoms with Crippen LogP contribution < -0.4 is 0 Å². The fraction of sp³-hybridized carbons (Fsp3) is 0.500. The van der Waals surface area contributed by atoms with Crippen molar-refractivity contribution in [3.63, 3.8) is 0 Å². The number of halogens is 3. The van der Waals surface area contributed by atoms with Crippen molar-refractivity contribution in [3.05, 3.63) is 16.6 Å². The zero-order chi connectivity index (χ0) is 9.07. The van der Waals surface area contributed by atoms with Crippen molar-refractivity contribution in [2.24, 2.45) is 0 Å². The molecule has 0 spiro atoms. The zero-order valence-electron chi connectivity index (χ0n) is 5.38. The number of hydrogen-bond acceptors (Lipinski definition) is 3. The van der Waals surface area contributed by atoms with Crippen LogP contribution in [-0.4, -0.2) is 18.4 Å². The molecule has 0 amide bonds. The molecule has 0 aromatic rings. The lowest BCUT2D eigenvalue weighted by Gasteiger charge is -1.96. The molecule has 0 unspecified atom stereocenters. The summed E-state index contributed by atoms with van der Waals surface area (Å²) >= 11 is 0. The molecule has 62 valence electrons. The molecule has 0 radical (unpaired) electrons. The summed E-state index contributed by atoms with van der Waals surface area (Å²) in [4.78, 5) is 1.81. The van der Waals surface area contributed by atoms with E-state index in [4.69, 9.17) is 10.5 Å². The van der Waals surface area contributed by atoms with Crippen molar-refractivity contribution >= 4 is 0 Å². The van der Waals surface area contributed by atoms with Crippen LogP contribution in [0, 0.1) is 5.39 Å². The monoisotopic (exact) mass is 169 g/mol. The molecule has 0 saturated carbocycles. The highest BCUT2D eigenvalue weighted by molar-refractivity contribution is 5.15. The minimum absolute atomic E-state index is 0.812. The SMILES string of the molecule is COC(O)=C([N+]#N)C(F)(F)F. The van der Waals surface area contributed by atoms with Gasteiger partial charge in [0.25, 0.3) is 0 Å². The van der Waals surface area contributed by atoms with Crippen molar-refractivity contribution < 1.29 is 23.0 Å². The van der Waals surface area contributed by atoms with Crippen LogP contribution in [-0.2, 0) is 4.74 Å². The molecule has 0 aliphatic carbocycles. The molecule has 0 heterocycles. The standard InChI is InChI=1S/C4H3F3N2O2/c1-11-3(10)2(9-8)4(5,6)7/h1H3/p+1. The van der Waals surface area contributed by atoms with E-state index in [9.17, 15) is 13.2 Å². The number of aliphatic hydroxyl groups excluding tert-OH is 1. The molecule has 0 bridgehead atoms. The quantitative estimate of drug-likeness (QED) is 0.480. The maximum atomic E-state index is 11.6. The molecule has 0 rings (SSSR count). The first-order valence-corrected chi connectivity index (χ1v) is 2.33. The predicted molar refractivity (Wildman–Crippen MR) is 27.8 cm³/mol. The van der Waals surface area contributed by atoms with Crippen molar-refractivity contribution in [1.29, 1.82) is 5.39 Å². The molecule has 0 atom stereocenters. The minimum atomic E-state index is -4.92. The van der Waals surface area contributed by atoms with Crippen LogP contribution in [0.25, 0.3) is 4.98 Å². The van der Waals surface area contributed by atoms with E-state index in [1.54, 1.807) is 0 Å². The Bertz CT molecular complexity index is 214. The Morgan fingerprint density at radius 2 is 2.00 bits per heavy atom. The third-order valence-electron chi connectivity index (χ3n) is 0.764. The van der Waals surface area contributed by atoms with Crippen LogP contribution in [0.2, 0.25) is 0 Å². The van der Waals surface area contributed by atoms with Gasteiger partial charge in [-0.15, -0.1) is 0 Å². The summed E-state index contributed by atoms with van der Waals surface area (Å²) in [6, 6.07) is 0. The summed E-state index contributed by atoms with van der Waals surface area (Å²) in [5, 5.41) is 16.1. The fourth-order valence-electron chi connectivity index (χ4n) is 0.317. The van der Waals surface area contributed by atoms with Crippen LogP contribution in [0.5, 0.6) is 0 Å². The smallest absolute Gasteiger partial charge is 0.475 e. The first-order valence-electron chi connectivity index (χ1n) is 2.33. The molecule has 0 fully saturated rings. The van der Waals surface area contributed by atoms with Crippen molar-refractivity contribution in [3.8, 4) is 0 Å². The van der Waals surface area contributed by atoms with Gasteiger partial charge in [-0.1, -0.05) is 0 Å². The number of hydrogen-bond donors (Lipinski definition) is 1. The molecule has 1 N–H and O–H groups in total. The Morgan fingerprint density at radius 1 is 1.55 bits per heavy atom. The molecule has 11 heavy (non-hydrogen) atoms. The maximum absolute atomic E-state index is 11.6. The second kappa shape index (κ2) is 3.09. The summed E-state index contributed by atoms with van der Waals surface area (Å²) in [5.41, 5.74) is -1.86. The lowest BCUT2D eigenvalue weighted by molar-refractivity contribution is -0.0961. The second-order valence-corrected chi connectivity index (χ2v) is 1.46. The van der Waals surface area contributed by atoms with Crippen LogP contribution in [0.1, 0.15) is 0 Å². The lowest BCUT2D eigenvalue weighted by atomic mass is 10.5. The minimum Gasteiger partial charge on any atom is -0.475 e. The van der Waals surface area contributed by atoms with Gasteiger partial charge in [0, 0.05) is 0 Å². The van der Waals surface area contributed by atoms with Gasteiger partial charge in [0.15, 0.2) is 4.98 Å². The Labute approximate surface area is 59.5 Å². The van der Waals surface area contributed by atoms with Crippen molar-refractivity contribution in [2.75, 3.05) is 7.11 Å². The normalized spacial score (nSPS) is 13.4. The summed E-state index contributed by atoms with van der Waals surface area (Å²) in [5.74, 6) is -1.47. The maximum Gasteiger partial charge on any atom is 0.543 e. The third kappa shape index (κ3) is 2.33. The van der Waals surface area contributed by atoms with E-state index in [0.29, 0.717) is 0 Å². The lowest BCUT2D eigenvalue weighted by Crippen LogP contribution is -2.12. The van der Waals surface area contributed by atoms with Crippen molar-refractivity contribution in [1.82, 2.24) is 0 Å². The molecule has 0 aliphatic rings. The van der Waals surface area contributed by atoms with Gasteiger partial charge in [0.1, 0.15) is 0 Å². The van der Waals surface area contributed by atoms with E-state index in [1.807, 2.05) is 4.98 Å². The molecular formula is C4H4F3N2O2+. The molecule has 7 heteroatoms. The topological polar surface area (TPSA) is 57.6 Å². The van der Waals surface area contributed by atoms with E-state index in [1.165, 1.54) is 0 Å². The molecule has 0 aromatic heterocycles. The second-order valence-electron chi connectivity index (χ2n) is 1.46. The van der Waals surface area contributed by atoms with E-state index in [2.05, 4.69) is 4.74 Å². The molecule has 4 nitrogen and oxygen atoms in total. The average Bonchev–Trinajstić information content (AvgIpc) is 1.86. The van der Waals surface area contributed by atoms with Gasteiger partial charge in [0.05, 0.1) is 7.11 Å². The number of rotatable bonds is 1. The Morgan fingerprint density at radius 3 is 2.09 bits per heavy atom. The molecule has 0 aromatic carbocycles. The highest BCUT2D eigenvalue weighted by Crippen LogP contribution is 2.28. The highest BCUT2D eigenvalue weighted by atomic mass is 19.4. The summed E-state index contributed by atoms with van der Waals surface area (Å²) < 4.78 is 38.6. The number of ether oxygens (including phenoxy) is 1. The van der Waals surface area contributed by atoms with Crippen molar-refractivity contribution in [2.45, 2.75) is 6.18 Å². The Hall–Kier alpha value is -1.45. The fourth-order valence-corrected chi connectivity index (χ4v) is 0.317. The van der Waals surface area contributed by atoms with E-state index >= 15 is 0 Å². The van der Waals surface area contributed by atoms with Crippen LogP contribution >= 0.6 is 0 Å². The number of nitrogens with zero attached hydrogens (tertiary/aromatic N) is 2. The predicted octanol–water partition coefficient (Wildman–Crippen LogP) is 1.78. The van der Waals surface area contributed by atoms with Crippen LogP contribution in [0.4, 0.5) is 13.2 Å². The molecule has 0 saturated heterocycles. The Balaban J connectivity index is 4.86. The van der Waals surface area contributed by atoms with Crippen LogP contribution in [0.15, 0.2) is 11.6 Å². The molecule has 0 aliphatic heterocycles. The zero-order valence-corrected chi connectivity index (χ0v) is 5.38. The van der Waals surface area contributed by atoms with Gasteiger partial charge in [-0.2, -0.15) is 13.2 Å². The Kier molecular flexibility index (Phi) is 2.69. The highest BCUT2D eigenvalue weighted by Gasteiger charge is 2.51. The number of alkyl halides is 3. The van der Waals surface area contributed by atoms with Gasteiger partial charge in [-0.05, 0) is 0 Å². The number of aliphatic hydroxyl groups is 1.